The van der Waals surface area contributed by atoms with E-state index in [2.05, 4.69) is 47.7 Å². The van der Waals surface area contributed by atoms with Gasteiger partial charge in [0.15, 0.2) is 0 Å². The quantitative estimate of drug-likeness (QED) is 0.764. The topological polar surface area (TPSA) is 17.8 Å². The molecule has 1 aromatic heterocycles. The monoisotopic (exact) mass is 228 g/mol. The Labute approximate surface area is 103 Å². The van der Waals surface area contributed by atoms with E-state index < -0.39 is 0 Å². The van der Waals surface area contributed by atoms with E-state index >= 15 is 0 Å². The lowest BCUT2D eigenvalue weighted by molar-refractivity contribution is 0.544. The van der Waals surface area contributed by atoms with Crippen LogP contribution < -0.4 is 0 Å². The van der Waals surface area contributed by atoms with Crippen molar-refractivity contribution in [2.24, 2.45) is 0 Å². The number of aryl methyl sites for hydroxylation is 1. The lowest BCUT2D eigenvalue weighted by Gasteiger charge is -2.13. The Bertz CT molecular complexity index is 446. The van der Waals surface area contributed by atoms with Gasteiger partial charge in [0.2, 0.25) is 0 Å². The highest BCUT2D eigenvalue weighted by atomic mass is 15.0. The zero-order valence-electron chi connectivity index (χ0n) is 10.6. The average Bonchev–Trinajstić information content (AvgIpc) is 2.83. The first kappa shape index (κ1) is 11.9. The standard InChI is InChI=1S/C15H20N2/c1-3-5-14-6-4-7-15(11-14)10-13(2)17-9-8-16-12-17/h4,6-9,11-13H,3,5,10H2,1-2H3. The van der Waals surface area contributed by atoms with Crippen LogP contribution in [0.1, 0.15) is 37.4 Å². The third-order valence-corrected chi connectivity index (χ3v) is 3.10. The molecule has 2 rings (SSSR count). The van der Waals surface area contributed by atoms with Gasteiger partial charge in [-0.15, -0.1) is 0 Å². The molecule has 2 heteroatoms. The molecule has 2 aromatic rings. The minimum atomic E-state index is 0.467. The van der Waals surface area contributed by atoms with Crippen molar-refractivity contribution in [3.8, 4) is 0 Å². The first-order chi connectivity index (χ1) is 8.29. The number of hydrogen-bond donors (Lipinski definition) is 0. The second kappa shape index (κ2) is 5.67. The van der Waals surface area contributed by atoms with Crippen molar-refractivity contribution in [3.63, 3.8) is 0 Å². The summed E-state index contributed by atoms with van der Waals surface area (Å²) < 4.78 is 2.16. The summed E-state index contributed by atoms with van der Waals surface area (Å²) in [6, 6.07) is 9.40. The van der Waals surface area contributed by atoms with E-state index in [1.165, 1.54) is 24.0 Å². The van der Waals surface area contributed by atoms with Gasteiger partial charge in [0, 0.05) is 18.4 Å². The Morgan fingerprint density at radius 3 is 2.82 bits per heavy atom. The second-order valence-corrected chi connectivity index (χ2v) is 4.63. The maximum Gasteiger partial charge on any atom is 0.0948 e. The first-order valence-electron chi connectivity index (χ1n) is 6.35. The van der Waals surface area contributed by atoms with Crippen LogP contribution in [0.15, 0.2) is 43.0 Å². The molecule has 17 heavy (non-hydrogen) atoms. The Morgan fingerprint density at radius 2 is 2.12 bits per heavy atom. The van der Waals surface area contributed by atoms with Crippen molar-refractivity contribution in [2.45, 2.75) is 39.2 Å². The van der Waals surface area contributed by atoms with E-state index in [0.29, 0.717) is 6.04 Å². The lowest BCUT2D eigenvalue weighted by atomic mass is 10.0. The van der Waals surface area contributed by atoms with Crippen LogP contribution in [-0.4, -0.2) is 9.55 Å². The third kappa shape index (κ3) is 3.19. The van der Waals surface area contributed by atoms with Gasteiger partial charge in [-0.25, -0.2) is 4.98 Å². The van der Waals surface area contributed by atoms with E-state index in [4.69, 9.17) is 0 Å². The Morgan fingerprint density at radius 1 is 1.29 bits per heavy atom. The van der Waals surface area contributed by atoms with E-state index in [0.717, 1.165) is 6.42 Å². The molecule has 0 amide bonds. The van der Waals surface area contributed by atoms with Gasteiger partial charge in [0.25, 0.3) is 0 Å². The average molecular weight is 228 g/mol. The Hall–Kier alpha value is -1.57. The molecule has 0 aliphatic rings. The van der Waals surface area contributed by atoms with Gasteiger partial charge < -0.3 is 4.57 Å². The number of hydrogen-bond acceptors (Lipinski definition) is 1. The van der Waals surface area contributed by atoms with E-state index in [9.17, 15) is 0 Å². The number of nitrogens with zero attached hydrogens (tertiary/aromatic N) is 2. The molecular formula is C15H20N2. The highest BCUT2D eigenvalue weighted by Gasteiger charge is 2.05. The highest BCUT2D eigenvalue weighted by molar-refractivity contribution is 5.24. The Kier molecular flexibility index (Phi) is 3.97. The molecule has 0 N–H and O–H groups in total. The van der Waals surface area contributed by atoms with Crippen molar-refractivity contribution in [3.05, 3.63) is 54.1 Å². The van der Waals surface area contributed by atoms with Crippen molar-refractivity contribution in [1.82, 2.24) is 9.55 Å². The largest absolute Gasteiger partial charge is 0.334 e. The molecule has 90 valence electrons. The van der Waals surface area contributed by atoms with Crippen molar-refractivity contribution in [2.75, 3.05) is 0 Å². The molecule has 0 aliphatic carbocycles. The van der Waals surface area contributed by atoms with Crippen LogP contribution in [0.2, 0.25) is 0 Å². The van der Waals surface area contributed by atoms with Gasteiger partial charge >= 0.3 is 0 Å². The molecule has 0 fully saturated rings. The molecule has 0 saturated carbocycles. The number of benzene rings is 1. The smallest absolute Gasteiger partial charge is 0.0948 e. The normalized spacial score (nSPS) is 12.6. The highest BCUT2D eigenvalue weighted by Crippen LogP contribution is 2.15. The van der Waals surface area contributed by atoms with E-state index in [-0.39, 0.29) is 0 Å². The molecule has 0 radical (unpaired) electrons. The molecule has 0 bridgehead atoms. The van der Waals surface area contributed by atoms with Crippen molar-refractivity contribution >= 4 is 0 Å². The fourth-order valence-electron chi connectivity index (χ4n) is 2.18. The molecule has 1 atom stereocenters. The maximum atomic E-state index is 4.09. The van der Waals surface area contributed by atoms with Crippen LogP contribution in [0.25, 0.3) is 0 Å². The third-order valence-electron chi connectivity index (χ3n) is 3.10. The molecular weight excluding hydrogens is 208 g/mol. The maximum absolute atomic E-state index is 4.09. The molecule has 0 saturated heterocycles. The SMILES string of the molecule is CCCc1cccc(CC(C)n2ccnc2)c1. The fourth-order valence-corrected chi connectivity index (χ4v) is 2.18. The summed E-state index contributed by atoms with van der Waals surface area (Å²) >= 11 is 0. The molecule has 2 nitrogen and oxygen atoms in total. The predicted molar refractivity (Wildman–Crippen MR) is 71.1 cm³/mol. The van der Waals surface area contributed by atoms with Crippen LogP contribution in [-0.2, 0) is 12.8 Å². The van der Waals surface area contributed by atoms with E-state index in [1.54, 1.807) is 0 Å². The molecule has 1 heterocycles. The van der Waals surface area contributed by atoms with E-state index in [1.807, 2.05) is 18.7 Å². The molecule has 1 aromatic carbocycles. The zero-order valence-corrected chi connectivity index (χ0v) is 10.6. The summed E-state index contributed by atoms with van der Waals surface area (Å²) in [6.07, 6.45) is 9.20. The predicted octanol–water partition coefficient (Wildman–Crippen LogP) is 3.64. The summed E-state index contributed by atoms with van der Waals surface area (Å²) in [5, 5.41) is 0. The van der Waals surface area contributed by atoms with Crippen LogP contribution in [0.5, 0.6) is 0 Å². The van der Waals surface area contributed by atoms with Gasteiger partial charge in [-0.2, -0.15) is 0 Å². The minimum absolute atomic E-state index is 0.467. The number of aromatic nitrogens is 2. The summed E-state index contributed by atoms with van der Waals surface area (Å²) in [5.41, 5.74) is 2.86. The fraction of sp³-hybridized carbons (Fsp3) is 0.400. The van der Waals surface area contributed by atoms with Gasteiger partial charge in [-0.3, -0.25) is 0 Å². The summed E-state index contributed by atoms with van der Waals surface area (Å²) in [4.78, 5) is 4.09. The lowest BCUT2D eigenvalue weighted by Crippen LogP contribution is -2.06. The minimum Gasteiger partial charge on any atom is -0.334 e. The number of imidazole rings is 1. The second-order valence-electron chi connectivity index (χ2n) is 4.63. The summed E-state index contributed by atoms with van der Waals surface area (Å²) in [5.74, 6) is 0. The van der Waals surface area contributed by atoms with Crippen LogP contribution in [0, 0.1) is 0 Å². The van der Waals surface area contributed by atoms with Crippen molar-refractivity contribution < 1.29 is 0 Å². The van der Waals surface area contributed by atoms with Gasteiger partial charge in [0.1, 0.15) is 0 Å². The Balaban J connectivity index is 2.05. The van der Waals surface area contributed by atoms with Crippen molar-refractivity contribution in [1.29, 1.82) is 0 Å². The van der Waals surface area contributed by atoms with Crippen LogP contribution in [0.4, 0.5) is 0 Å². The van der Waals surface area contributed by atoms with Crippen LogP contribution >= 0.6 is 0 Å². The molecule has 0 aliphatic heterocycles. The molecule has 1 unspecified atom stereocenters. The van der Waals surface area contributed by atoms with Gasteiger partial charge in [-0.05, 0) is 30.9 Å². The summed E-state index contributed by atoms with van der Waals surface area (Å²) in [6.45, 7) is 4.45. The van der Waals surface area contributed by atoms with Gasteiger partial charge in [0.05, 0.1) is 6.33 Å². The zero-order chi connectivity index (χ0) is 12.1. The summed E-state index contributed by atoms with van der Waals surface area (Å²) in [7, 11) is 0. The number of rotatable bonds is 5. The van der Waals surface area contributed by atoms with Crippen LogP contribution in [0.3, 0.4) is 0 Å². The van der Waals surface area contributed by atoms with Gasteiger partial charge in [-0.1, -0.05) is 37.6 Å². The first-order valence-corrected chi connectivity index (χ1v) is 6.35. The molecule has 0 spiro atoms.